The van der Waals surface area contributed by atoms with Crippen molar-refractivity contribution in [2.75, 3.05) is 26.7 Å². The van der Waals surface area contributed by atoms with E-state index in [4.69, 9.17) is 9.26 Å². The number of hydrogen-bond donors (Lipinski definition) is 1. The molecule has 8 heteroatoms. The van der Waals surface area contributed by atoms with Gasteiger partial charge in [0, 0.05) is 61.0 Å². The first-order chi connectivity index (χ1) is 16.9. The Kier molecular flexibility index (Phi) is 8.11. The minimum absolute atomic E-state index is 0.0929. The van der Waals surface area contributed by atoms with Crippen LogP contribution < -0.4 is 10.1 Å². The van der Waals surface area contributed by atoms with Crippen molar-refractivity contribution < 1.29 is 14.1 Å². The zero-order valence-corrected chi connectivity index (χ0v) is 21.7. The molecule has 0 aliphatic carbocycles. The fourth-order valence-corrected chi connectivity index (χ4v) is 4.83. The second-order valence-corrected chi connectivity index (χ2v) is 10.2. The molecule has 35 heavy (non-hydrogen) atoms. The molecule has 1 N–H and O–H groups in total. The van der Waals surface area contributed by atoms with Gasteiger partial charge in [0.05, 0.1) is 7.11 Å². The Hall–Kier alpha value is -2.87. The zero-order chi connectivity index (χ0) is 24.9. The highest BCUT2D eigenvalue weighted by Gasteiger charge is 2.22. The van der Waals surface area contributed by atoms with Crippen molar-refractivity contribution in [1.82, 2.24) is 24.9 Å². The van der Waals surface area contributed by atoms with Gasteiger partial charge in [-0.3, -0.25) is 9.69 Å². The molecule has 3 aromatic rings. The molecule has 0 radical (unpaired) electrons. The number of benzene rings is 1. The van der Waals surface area contributed by atoms with E-state index >= 15 is 0 Å². The summed E-state index contributed by atoms with van der Waals surface area (Å²) in [4.78, 5) is 19.6. The van der Waals surface area contributed by atoms with Crippen molar-refractivity contribution in [2.24, 2.45) is 0 Å². The molecule has 1 aromatic carbocycles. The van der Waals surface area contributed by atoms with E-state index in [1.165, 1.54) is 16.5 Å². The van der Waals surface area contributed by atoms with Gasteiger partial charge in [-0.2, -0.15) is 4.98 Å². The molecule has 1 saturated heterocycles. The lowest BCUT2D eigenvalue weighted by Gasteiger charge is -2.22. The lowest BCUT2D eigenvalue weighted by Crippen LogP contribution is -2.31. The topological polar surface area (TPSA) is 85.4 Å². The molecule has 190 valence electrons. The first-order valence-electron chi connectivity index (χ1n) is 12.9. The van der Waals surface area contributed by atoms with Crippen molar-refractivity contribution in [1.29, 1.82) is 0 Å². The van der Waals surface area contributed by atoms with Gasteiger partial charge in [0.15, 0.2) is 5.82 Å². The smallest absolute Gasteiger partial charge is 0.229 e. The average molecular weight is 482 g/mol. The molecule has 0 saturated carbocycles. The fraction of sp³-hybridized carbons (Fsp3) is 0.593. The van der Waals surface area contributed by atoms with Gasteiger partial charge in [0.1, 0.15) is 5.75 Å². The fourth-order valence-electron chi connectivity index (χ4n) is 4.83. The second-order valence-electron chi connectivity index (χ2n) is 10.2. The number of methoxy groups -OCH3 is 1. The monoisotopic (exact) mass is 481 g/mol. The zero-order valence-electron chi connectivity index (χ0n) is 21.7. The predicted octanol–water partition coefficient (Wildman–Crippen LogP) is 5.01. The van der Waals surface area contributed by atoms with Crippen molar-refractivity contribution >= 4 is 16.8 Å². The summed E-state index contributed by atoms with van der Waals surface area (Å²) in [5.74, 6) is 2.78. The summed E-state index contributed by atoms with van der Waals surface area (Å²) in [6.07, 6.45) is 5.52. The van der Waals surface area contributed by atoms with Crippen LogP contribution in [0.15, 0.2) is 28.9 Å². The maximum atomic E-state index is 12.5. The van der Waals surface area contributed by atoms with Crippen LogP contribution >= 0.6 is 0 Å². The number of fused-ring (bicyclic) bond motifs is 1. The number of rotatable bonds is 6. The van der Waals surface area contributed by atoms with Crippen molar-refractivity contribution in [2.45, 2.75) is 77.8 Å². The lowest BCUT2D eigenvalue weighted by molar-refractivity contribution is -0.121. The van der Waals surface area contributed by atoms with Crippen LogP contribution in [0.4, 0.5) is 0 Å². The van der Waals surface area contributed by atoms with E-state index in [0.29, 0.717) is 24.9 Å². The standard InChI is InChI=1S/C27H39N5O3/c1-18(2)26-29-27(35-30-26)20-7-6-13-31(14-11-25(33)28-12-10-20)16-21-17-32(19(3)4)24-9-8-22(34-5)15-23(21)24/h8-9,15,17-20H,6-7,10-14,16H2,1-5H3,(H,28,33). The van der Waals surface area contributed by atoms with E-state index in [9.17, 15) is 4.79 Å². The second kappa shape index (κ2) is 11.2. The van der Waals surface area contributed by atoms with Crippen molar-refractivity contribution in [3.8, 4) is 5.75 Å². The molecule has 1 aliphatic heterocycles. The average Bonchev–Trinajstić information content (AvgIpc) is 3.45. The maximum Gasteiger partial charge on any atom is 0.229 e. The Morgan fingerprint density at radius 1 is 1.20 bits per heavy atom. The first-order valence-corrected chi connectivity index (χ1v) is 12.9. The molecular formula is C27H39N5O3. The number of carbonyl (C=O) groups excluding carboxylic acids is 1. The molecular weight excluding hydrogens is 442 g/mol. The number of hydrogen-bond acceptors (Lipinski definition) is 6. The normalized spacial score (nSPS) is 18.7. The van der Waals surface area contributed by atoms with Crippen LogP contribution in [0, 0.1) is 0 Å². The number of aromatic nitrogens is 3. The van der Waals surface area contributed by atoms with E-state index in [2.05, 4.69) is 70.9 Å². The van der Waals surface area contributed by atoms with Crippen LogP contribution in [-0.2, 0) is 11.3 Å². The van der Waals surface area contributed by atoms with Gasteiger partial charge >= 0.3 is 0 Å². The van der Waals surface area contributed by atoms with E-state index in [0.717, 1.165) is 50.5 Å². The highest BCUT2D eigenvalue weighted by atomic mass is 16.5. The Balaban J connectivity index is 1.53. The molecule has 1 amide bonds. The Morgan fingerprint density at radius 2 is 2.03 bits per heavy atom. The van der Waals surface area contributed by atoms with Gasteiger partial charge in [-0.05, 0) is 63.4 Å². The van der Waals surface area contributed by atoms with Crippen LogP contribution in [0.25, 0.3) is 10.9 Å². The summed E-state index contributed by atoms with van der Waals surface area (Å²) < 4.78 is 13.4. The third kappa shape index (κ3) is 6.04. The van der Waals surface area contributed by atoms with Gasteiger partial charge in [0.25, 0.3) is 0 Å². The van der Waals surface area contributed by atoms with Gasteiger partial charge in [-0.15, -0.1) is 0 Å². The summed E-state index contributed by atoms with van der Waals surface area (Å²) in [7, 11) is 1.70. The molecule has 3 heterocycles. The van der Waals surface area contributed by atoms with Crippen LogP contribution in [0.5, 0.6) is 5.75 Å². The molecule has 1 aliphatic rings. The number of nitrogens with one attached hydrogen (secondary N) is 1. The van der Waals surface area contributed by atoms with E-state index in [1.54, 1.807) is 7.11 Å². The highest BCUT2D eigenvalue weighted by molar-refractivity contribution is 5.85. The third-order valence-corrected chi connectivity index (χ3v) is 6.89. The number of carbonyl (C=O) groups is 1. The molecule has 1 fully saturated rings. The van der Waals surface area contributed by atoms with Crippen molar-refractivity contribution in [3.63, 3.8) is 0 Å². The SMILES string of the molecule is COc1ccc2c(c1)c(CN1CCCC(c3nc(C(C)C)no3)CCNC(=O)CC1)cn2C(C)C. The van der Waals surface area contributed by atoms with Gasteiger partial charge in [-0.25, -0.2) is 0 Å². The van der Waals surface area contributed by atoms with Gasteiger partial charge < -0.3 is 19.1 Å². The van der Waals surface area contributed by atoms with Gasteiger partial charge in [0.2, 0.25) is 11.8 Å². The quantitative estimate of drug-likeness (QED) is 0.532. The van der Waals surface area contributed by atoms with Crippen LogP contribution in [0.2, 0.25) is 0 Å². The molecule has 0 spiro atoms. The molecule has 1 unspecified atom stereocenters. The van der Waals surface area contributed by atoms with Crippen LogP contribution in [0.1, 0.15) is 88.5 Å². The molecule has 1 atom stereocenters. The van der Waals surface area contributed by atoms with E-state index < -0.39 is 0 Å². The molecule has 2 aromatic heterocycles. The summed E-state index contributed by atoms with van der Waals surface area (Å²) in [6.45, 7) is 11.6. The van der Waals surface area contributed by atoms with Gasteiger partial charge in [-0.1, -0.05) is 19.0 Å². The minimum Gasteiger partial charge on any atom is -0.497 e. The van der Waals surface area contributed by atoms with Crippen LogP contribution in [-0.4, -0.2) is 52.3 Å². The summed E-state index contributed by atoms with van der Waals surface area (Å²) >= 11 is 0. The Labute approximate surface area is 208 Å². The van der Waals surface area contributed by atoms with Crippen LogP contribution in [0.3, 0.4) is 0 Å². The summed E-state index contributed by atoms with van der Waals surface area (Å²) in [5, 5.41) is 8.45. The van der Waals surface area contributed by atoms with E-state index in [-0.39, 0.29) is 17.7 Å². The predicted molar refractivity (Wildman–Crippen MR) is 137 cm³/mol. The Bertz CT molecular complexity index is 1130. The lowest BCUT2D eigenvalue weighted by atomic mass is 9.99. The summed E-state index contributed by atoms with van der Waals surface area (Å²) in [5.41, 5.74) is 2.47. The summed E-state index contributed by atoms with van der Waals surface area (Å²) in [6, 6.07) is 6.64. The van der Waals surface area contributed by atoms with Crippen molar-refractivity contribution in [3.05, 3.63) is 41.7 Å². The Morgan fingerprint density at radius 3 is 2.74 bits per heavy atom. The third-order valence-electron chi connectivity index (χ3n) is 6.89. The number of ether oxygens (including phenoxy) is 1. The van der Waals surface area contributed by atoms with E-state index in [1.807, 2.05) is 6.07 Å². The molecule has 0 bridgehead atoms. The largest absolute Gasteiger partial charge is 0.497 e. The minimum atomic E-state index is 0.0929. The maximum absolute atomic E-state index is 12.5. The number of nitrogens with zero attached hydrogens (tertiary/aromatic N) is 4. The highest BCUT2D eigenvalue weighted by Crippen LogP contribution is 2.30. The number of amides is 1. The first kappa shape index (κ1) is 25.2. The molecule has 8 nitrogen and oxygen atoms in total. The molecule has 4 rings (SSSR count).